The average Bonchev–Trinajstić information content (AvgIpc) is 3.82. The summed E-state index contributed by atoms with van der Waals surface area (Å²) in [4.78, 5) is 0. The van der Waals surface area contributed by atoms with Gasteiger partial charge in [-0.15, -0.1) is 0 Å². The van der Waals surface area contributed by atoms with Crippen molar-refractivity contribution in [3.8, 4) is 44.5 Å². The van der Waals surface area contributed by atoms with Crippen molar-refractivity contribution in [2.24, 2.45) is 17.8 Å². The maximum Gasteiger partial charge on any atom is 0.0212 e. The van der Waals surface area contributed by atoms with E-state index in [1.165, 1.54) is 122 Å². The van der Waals surface area contributed by atoms with Crippen LogP contribution in [0.2, 0.25) is 0 Å². The van der Waals surface area contributed by atoms with Crippen molar-refractivity contribution in [3.63, 3.8) is 0 Å². The Morgan fingerprint density at radius 3 is 1.46 bits per heavy atom. The molecule has 0 heteroatoms. The van der Waals surface area contributed by atoms with Gasteiger partial charge in [-0.1, -0.05) is 208 Å². The molecule has 6 aliphatic rings. The van der Waals surface area contributed by atoms with E-state index in [1.807, 2.05) is 0 Å². The molecule has 7 aromatic rings. The van der Waals surface area contributed by atoms with Gasteiger partial charge >= 0.3 is 0 Å². The van der Waals surface area contributed by atoms with E-state index in [9.17, 15) is 0 Å². The van der Waals surface area contributed by atoms with Gasteiger partial charge in [0.25, 0.3) is 0 Å². The molecular weight excluding hydrogens is 733 g/mol. The molecule has 7 aromatic carbocycles. The van der Waals surface area contributed by atoms with Crippen LogP contribution in [0.15, 0.2) is 194 Å². The highest BCUT2D eigenvalue weighted by Gasteiger charge is 2.51. The zero-order chi connectivity index (χ0) is 40.3. The minimum absolute atomic E-state index is 0.200. The number of rotatable bonds is 5. The van der Waals surface area contributed by atoms with Gasteiger partial charge in [-0.05, 0) is 134 Å². The molecule has 0 bridgehead atoms. The van der Waals surface area contributed by atoms with E-state index in [2.05, 4.69) is 208 Å². The van der Waals surface area contributed by atoms with Crippen LogP contribution in [-0.2, 0) is 6.42 Å². The summed E-state index contributed by atoms with van der Waals surface area (Å²) in [6, 6.07) is 52.3. The van der Waals surface area contributed by atoms with Crippen LogP contribution in [0.3, 0.4) is 0 Å². The third-order valence-corrected chi connectivity index (χ3v) is 14.5. The molecule has 13 rings (SSSR count). The smallest absolute Gasteiger partial charge is 0.0212 e. The maximum absolute atomic E-state index is 2.55. The predicted molar refractivity (Wildman–Crippen MR) is 259 cm³/mol. The Morgan fingerprint density at radius 1 is 0.443 bits per heavy atom. The van der Waals surface area contributed by atoms with Crippen LogP contribution in [0.25, 0.3) is 83.6 Å². The molecule has 61 heavy (non-hydrogen) atoms. The molecule has 6 aliphatic carbocycles. The summed E-state index contributed by atoms with van der Waals surface area (Å²) in [5.41, 5.74) is 27.9. The number of hydrogen-bond donors (Lipinski definition) is 0. The van der Waals surface area contributed by atoms with Crippen molar-refractivity contribution >= 4 is 39.1 Å². The Kier molecular flexibility index (Phi) is 7.55. The van der Waals surface area contributed by atoms with Gasteiger partial charge in [0.1, 0.15) is 0 Å². The van der Waals surface area contributed by atoms with Crippen LogP contribution >= 0.6 is 0 Å². The SMILES string of the molecule is CC(C)c1cccc(-c2c3c(c(-c4ccccc4)c4c2C2=CC=C5c6c(c(-c7ccccc7)c7ccccc7c6-c6ccccc6)C6=CC=C4C2C56)CC2C=CC=CC2=C3)c1. The van der Waals surface area contributed by atoms with Gasteiger partial charge in [0.2, 0.25) is 0 Å². The highest BCUT2D eigenvalue weighted by Crippen LogP contribution is 2.68. The fraction of sp³-hybridized carbons (Fsp3) is 0.115. The number of fused-ring (bicyclic) bond motifs is 9. The Balaban J connectivity index is 1.16. The van der Waals surface area contributed by atoms with Gasteiger partial charge in [-0.3, -0.25) is 0 Å². The van der Waals surface area contributed by atoms with Crippen LogP contribution < -0.4 is 0 Å². The minimum atomic E-state index is 0.200. The van der Waals surface area contributed by atoms with Crippen LogP contribution in [0.4, 0.5) is 0 Å². The molecule has 0 nitrogen and oxygen atoms in total. The summed E-state index contributed by atoms with van der Waals surface area (Å²) in [7, 11) is 0. The zero-order valence-electron chi connectivity index (χ0n) is 34.5. The van der Waals surface area contributed by atoms with E-state index in [1.54, 1.807) is 0 Å². The monoisotopic (exact) mass is 776 g/mol. The fourth-order valence-electron chi connectivity index (χ4n) is 12.0. The van der Waals surface area contributed by atoms with Gasteiger partial charge in [-0.25, -0.2) is 0 Å². The molecule has 0 saturated carbocycles. The maximum atomic E-state index is 2.55. The first-order valence-corrected chi connectivity index (χ1v) is 22.1. The molecule has 0 amide bonds. The van der Waals surface area contributed by atoms with Crippen molar-refractivity contribution in [1.29, 1.82) is 0 Å². The van der Waals surface area contributed by atoms with Gasteiger partial charge in [0.15, 0.2) is 0 Å². The van der Waals surface area contributed by atoms with E-state index >= 15 is 0 Å². The highest BCUT2D eigenvalue weighted by molar-refractivity contribution is 6.21. The van der Waals surface area contributed by atoms with Gasteiger partial charge in [-0.2, -0.15) is 0 Å². The first kappa shape index (κ1) is 34.8. The van der Waals surface area contributed by atoms with Crippen molar-refractivity contribution in [1.82, 2.24) is 0 Å². The zero-order valence-corrected chi connectivity index (χ0v) is 34.5. The van der Waals surface area contributed by atoms with E-state index in [-0.39, 0.29) is 11.8 Å². The van der Waals surface area contributed by atoms with Crippen molar-refractivity contribution < 1.29 is 0 Å². The molecule has 0 fully saturated rings. The molecule has 0 aromatic heterocycles. The summed E-state index contributed by atoms with van der Waals surface area (Å²) < 4.78 is 0. The predicted octanol–water partition coefficient (Wildman–Crippen LogP) is 15.8. The molecular formula is C61H44. The van der Waals surface area contributed by atoms with E-state index in [4.69, 9.17) is 0 Å². The lowest BCUT2D eigenvalue weighted by Gasteiger charge is -2.31. The second-order valence-electron chi connectivity index (χ2n) is 18.0. The second kappa shape index (κ2) is 13.2. The Labute approximate surface area is 358 Å². The molecule has 288 valence electrons. The Hall–Kier alpha value is -7.02. The van der Waals surface area contributed by atoms with Crippen LogP contribution in [0.1, 0.15) is 58.7 Å². The lowest BCUT2D eigenvalue weighted by molar-refractivity contribution is 0.757. The normalized spacial score (nSPS) is 19.6. The number of allylic oxidation sites excluding steroid dienone is 13. The summed E-state index contributed by atoms with van der Waals surface area (Å²) in [5.74, 6) is 1.20. The van der Waals surface area contributed by atoms with Crippen molar-refractivity contribution in [2.45, 2.75) is 26.2 Å². The second-order valence-corrected chi connectivity index (χ2v) is 18.0. The largest absolute Gasteiger partial charge is 0.0767 e. The molecule has 3 unspecified atom stereocenters. The first-order chi connectivity index (χ1) is 30.1. The Morgan fingerprint density at radius 2 is 0.918 bits per heavy atom. The molecule has 3 atom stereocenters. The molecule has 0 radical (unpaired) electrons. The van der Waals surface area contributed by atoms with E-state index in [0.29, 0.717) is 11.8 Å². The number of benzene rings is 7. The van der Waals surface area contributed by atoms with E-state index < -0.39 is 0 Å². The molecule has 0 heterocycles. The third kappa shape index (κ3) is 4.94. The average molecular weight is 777 g/mol. The lowest BCUT2D eigenvalue weighted by atomic mass is 9.71. The summed E-state index contributed by atoms with van der Waals surface area (Å²) in [6.07, 6.45) is 22.9. The molecule has 0 N–H and O–H groups in total. The molecule has 0 aliphatic heterocycles. The van der Waals surface area contributed by atoms with Gasteiger partial charge < -0.3 is 0 Å². The van der Waals surface area contributed by atoms with Crippen LogP contribution in [0, 0.1) is 17.8 Å². The highest BCUT2D eigenvalue weighted by atomic mass is 14.5. The van der Waals surface area contributed by atoms with Crippen molar-refractivity contribution in [3.05, 3.63) is 233 Å². The number of hydrogen-bond acceptors (Lipinski definition) is 0. The van der Waals surface area contributed by atoms with Gasteiger partial charge in [0.05, 0.1) is 0 Å². The minimum Gasteiger partial charge on any atom is -0.0767 e. The summed E-state index contributed by atoms with van der Waals surface area (Å²) in [6.45, 7) is 4.64. The summed E-state index contributed by atoms with van der Waals surface area (Å²) in [5, 5.41) is 2.63. The van der Waals surface area contributed by atoms with Crippen molar-refractivity contribution in [2.75, 3.05) is 0 Å². The van der Waals surface area contributed by atoms with Gasteiger partial charge in [0, 0.05) is 17.8 Å². The fourth-order valence-corrected chi connectivity index (χ4v) is 12.0. The Bertz CT molecular complexity index is 3260. The topological polar surface area (TPSA) is 0 Å². The van der Waals surface area contributed by atoms with Crippen LogP contribution in [-0.4, -0.2) is 0 Å². The van der Waals surface area contributed by atoms with Crippen LogP contribution in [0.5, 0.6) is 0 Å². The van der Waals surface area contributed by atoms with E-state index in [0.717, 1.165) is 6.42 Å². The standard InChI is InChI=1S/C61H44/c1-36(2)40-25-16-26-43(33-40)55-51-35-42-24-13-12-23-41(42)34-50(51)54(39-21-10-5-11-22-39)60-48-31-29-46-56-47(30-32-49(57(48)56)61(55)60)59-53(38-19-8-4-9-20-38)45-28-15-14-27-44(45)52(58(46)59)37-17-6-3-7-18-37/h3-33,35-36,41,56-57H,34H2,1-2H3. The first-order valence-electron chi connectivity index (χ1n) is 22.1. The third-order valence-electron chi connectivity index (χ3n) is 14.5. The summed E-state index contributed by atoms with van der Waals surface area (Å²) >= 11 is 0. The lowest BCUT2D eigenvalue weighted by Crippen LogP contribution is -2.18. The molecule has 0 spiro atoms. The molecule has 0 saturated heterocycles. The quantitative estimate of drug-likeness (QED) is 0.163.